The van der Waals surface area contributed by atoms with Crippen molar-refractivity contribution in [1.82, 2.24) is 5.32 Å². The van der Waals surface area contributed by atoms with Crippen LogP contribution in [0.15, 0.2) is 24.3 Å². The van der Waals surface area contributed by atoms with E-state index in [0.29, 0.717) is 17.1 Å². The Morgan fingerprint density at radius 3 is 2.75 bits per heavy atom. The Bertz CT molecular complexity index is 447. The molecular formula is C11H10ClNO3. The molecule has 0 spiro atoms. The lowest BCUT2D eigenvalue weighted by Gasteiger charge is -2.14. The van der Waals surface area contributed by atoms with Crippen LogP contribution in [0.3, 0.4) is 0 Å². The number of halogens is 1. The van der Waals surface area contributed by atoms with E-state index in [1.807, 2.05) is 0 Å². The minimum atomic E-state index is -1.11. The highest BCUT2D eigenvalue weighted by Crippen LogP contribution is 2.33. The third-order valence-electron chi connectivity index (χ3n) is 2.75. The van der Waals surface area contributed by atoms with E-state index in [4.69, 9.17) is 16.7 Å². The highest BCUT2D eigenvalue weighted by molar-refractivity contribution is 6.31. The number of aliphatic carboxylic acids is 1. The van der Waals surface area contributed by atoms with Crippen molar-refractivity contribution in [1.29, 1.82) is 0 Å². The van der Waals surface area contributed by atoms with Gasteiger partial charge < -0.3 is 10.4 Å². The molecule has 2 rings (SSSR count). The van der Waals surface area contributed by atoms with Crippen LogP contribution in [-0.2, 0) is 9.59 Å². The second-order valence-electron chi connectivity index (χ2n) is 3.69. The van der Waals surface area contributed by atoms with Gasteiger partial charge >= 0.3 is 5.97 Å². The maximum Gasteiger partial charge on any atom is 0.316 e. The molecule has 0 bridgehead atoms. The van der Waals surface area contributed by atoms with Gasteiger partial charge in [0.25, 0.3) is 0 Å². The van der Waals surface area contributed by atoms with Crippen LogP contribution in [-0.4, -0.2) is 23.5 Å². The van der Waals surface area contributed by atoms with Gasteiger partial charge in [0.1, 0.15) is 5.92 Å². The Balaban J connectivity index is 2.38. The van der Waals surface area contributed by atoms with Crippen molar-refractivity contribution in [2.75, 3.05) is 6.54 Å². The first-order valence-corrected chi connectivity index (χ1v) is 5.24. The molecule has 1 aromatic carbocycles. The number of carbonyl (C=O) groups excluding carboxylic acids is 1. The van der Waals surface area contributed by atoms with E-state index < -0.39 is 23.7 Å². The Morgan fingerprint density at radius 2 is 2.12 bits per heavy atom. The summed E-state index contributed by atoms with van der Waals surface area (Å²) in [6.45, 7) is 0.319. The number of carboxylic acid groups (broad SMARTS) is 1. The van der Waals surface area contributed by atoms with E-state index >= 15 is 0 Å². The van der Waals surface area contributed by atoms with Gasteiger partial charge in [-0.1, -0.05) is 29.8 Å². The average Bonchev–Trinajstić information content (AvgIpc) is 2.61. The number of rotatable bonds is 2. The fourth-order valence-electron chi connectivity index (χ4n) is 1.97. The standard InChI is InChI=1S/C11H10ClNO3/c12-8-4-2-1-3-6(8)7-5-13-10(14)9(7)11(15)16/h1-4,7,9H,5H2,(H,13,14)(H,15,16)/t7-,9-/m1/s1. The van der Waals surface area contributed by atoms with Crippen LogP contribution in [0, 0.1) is 5.92 Å². The maximum atomic E-state index is 11.4. The van der Waals surface area contributed by atoms with E-state index in [1.165, 1.54) is 0 Å². The molecule has 5 heteroatoms. The number of nitrogens with one attached hydrogen (secondary N) is 1. The van der Waals surface area contributed by atoms with Crippen molar-refractivity contribution >= 4 is 23.5 Å². The second kappa shape index (κ2) is 4.14. The molecule has 1 aliphatic heterocycles. The lowest BCUT2D eigenvalue weighted by molar-refractivity contribution is -0.145. The third kappa shape index (κ3) is 1.76. The van der Waals surface area contributed by atoms with Gasteiger partial charge in [-0.3, -0.25) is 9.59 Å². The highest BCUT2D eigenvalue weighted by atomic mass is 35.5. The predicted octanol–water partition coefficient (Wildman–Crippen LogP) is 1.25. The highest BCUT2D eigenvalue weighted by Gasteiger charge is 2.41. The minimum Gasteiger partial charge on any atom is -0.481 e. The fraction of sp³-hybridized carbons (Fsp3) is 0.273. The maximum absolute atomic E-state index is 11.4. The zero-order valence-corrected chi connectivity index (χ0v) is 9.07. The van der Waals surface area contributed by atoms with Crippen LogP contribution in [0.2, 0.25) is 5.02 Å². The molecule has 0 radical (unpaired) electrons. The largest absolute Gasteiger partial charge is 0.481 e. The first-order chi connectivity index (χ1) is 7.61. The summed E-state index contributed by atoms with van der Waals surface area (Å²) >= 11 is 5.99. The van der Waals surface area contributed by atoms with Crippen LogP contribution in [0.5, 0.6) is 0 Å². The number of carboxylic acids is 1. The molecule has 0 unspecified atom stereocenters. The van der Waals surface area contributed by atoms with Crippen LogP contribution >= 0.6 is 11.6 Å². The second-order valence-corrected chi connectivity index (χ2v) is 4.10. The summed E-state index contributed by atoms with van der Waals surface area (Å²) in [6.07, 6.45) is 0. The van der Waals surface area contributed by atoms with Crippen molar-refractivity contribution in [2.24, 2.45) is 5.92 Å². The van der Waals surface area contributed by atoms with Crippen molar-refractivity contribution in [3.8, 4) is 0 Å². The van der Waals surface area contributed by atoms with E-state index in [-0.39, 0.29) is 0 Å². The van der Waals surface area contributed by atoms with Gasteiger partial charge in [0, 0.05) is 17.5 Å². The van der Waals surface area contributed by atoms with Gasteiger partial charge in [-0.15, -0.1) is 0 Å². The van der Waals surface area contributed by atoms with Crippen LogP contribution in [0.1, 0.15) is 11.5 Å². The Morgan fingerprint density at radius 1 is 1.44 bits per heavy atom. The van der Waals surface area contributed by atoms with Gasteiger partial charge in [-0.25, -0.2) is 0 Å². The average molecular weight is 240 g/mol. The van der Waals surface area contributed by atoms with Gasteiger partial charge in [0.15, 0.2) is 0 Å². The smallest absolute Gasteiger partial charge is 0.316 e. The van der Waals surface area contributed by atoms with Gasteiger partial charge in [-0.05, 0) is 11.6 Å². The van der Waals surface area contributed by atoms with Crippen molar-refractivity contribution in [3.63, 3.8) is 0 Å². The van der Waals surface area contributed by atoms with Crippen molar-refractivity contribution in [2.45, 2.75) is 5.92 Å². The van der Waals surface area contributed by atoms with Crippen LogP contribution < -0.4 is 5.32 Å². The first-order valence-electron chi connectivity index (χ1n) is 4.86. The van der Waals surface area contributed by atoms with Gasteiger partial charge in [-0.2, -0.15) is 0 Å². The predicted molar refractivity (Wildman–Crippen MR) is 58.3 cm³/mol. The molecule has 4 nitrogen and oxygen atoms in total. The number of benzene rings is 1. The molecule has 1 aromatic rings. The molecular weight excluding hydrogens is 230 g/mol. The molecule has 84 valence electrons. The van der Waals surface area contributed by atoms with Gasteiger partial charge in [0.05, 0.1) is 0 Å². The summed E-state index contributed by atoms with van der Waals surface area (Å²) in [5.74, 6) is -2.99. The lowest BCUT2D eigenvalue weighted by Crippen LogP contribution is -2.26. The van der Waals surface area contributed by atoms with Crippen LogP contribution in [0.4, 0.5) is 0 Å². The zero-order chi connectivity index (χ0) is 11.7. The molecule has 1 aliphatic rings. The SMILES string of the molecule is O=C(O)[C@H]1C(=O)NC[C@@H]1c1ccccc1Cl. The molecule has 0 saturated carbocycles. The Labute approximate surface area is 97.2 Å². The number of hydrogen-bond acceptors (Lipinski definition) is 2. The summed E-state index contributed by atoms with van der Waals surface area (Å²) in [5.41, 5.74) is 0.704. The zero-order valence-electron chi connectivity index (χ0n) is 8.31. The normalized spacial score (nSPS) is 24.2. The van der Waals surface area contributed by atoms with E-state index in [2.05, 4.69) is 5.32 Å². The third-order valence-corrected chi connectivity index (χ3v) is 3.10. The summed E-state index contributed by atoms with van der Waals surface area (Å²) in [4.78, 5) is 22.4. The van der Waals surface area contributed by atoms with Gasteiger partial charge in [0.2, 0.25) is 5.91 Å². The molecule has 16 heavy (non-hydrogen) atoms. The summed E-state index contributed by atoms with van der Waals surface area (Å²) < 4.78 is 0. The Hall–Kier alpha value is -1.55. The number of hydrogen-bond donors (Lipinski definition) is 2. The van der Waals surface area contributed by atoms with E-state index in [1.54, 1.807) is 24.3 Å². The lowest BCUT2D eigenvalue weighted by atomic mass is 9.88. The number of amides is 1. The summed E-state index contributed by atoms with van der Waals surface area (Å²) in [6, 6.07) is 7.00. The number of carbonyl (C=O) groups is 2. The Kier molecular flexibility index (Phi) is 2.83. The molecule has 2 atom stereocenters. The van der Waals surface area contributed by atoms with E-state index in [9.17, 15) is 9.59 Å². The molecule has 0 aliphatic carbocycles. The summed E-state index contributed by atoms with van der Waals surface area (Å²) in [7, 11) is 0. The molecule has 1 amide bonds. The molecule has 1 saturated heterocycles. The topological polar surface area (TPSA) is 66.4 Å². The molecule has 1 fully saturated rings. The minimum absolute atomic E-state index is 0.319. The molecule has 1 heterocycles. The molecule has 2 N–H and O–H groups in total. The van der Waals surface area contributed by atoms with Crippen molar-refractivity contribution in [3.05, 3.63) is 34.9 Å². The molecule has 0 aromatic heterocycles. The quantitative estimate of drug-likeness (QED) is 0.764. The van der Waals surface area contributed by atoms with Crippen molar-refractivity contribution < 1.29 is 14.7 Å². The summed E-state index contributed by atoms with van der Waals surface area (Å²) in [5, 5.41) is 12.0. The van der Waals surface area contributed by atoms with E-state index in [0.717, 1.165) is 0 Å². The monoisotopic (exact) mass is 239 g/mol. The van der Waals surface area contributed by atoms with Crippen LogP contribution in [0.25, 0.3) is 0 Å². The first kappa shape index (κ1) is 11.0. The fourth-order valence-corrected chi connectivity index (χ4v) is 2.25.